The van der Waals surface area contributed by atoms with Gasteiger partial charge in [-0.3, -0.25) is 0 Å². The molecule has 0 N–H and O–H groups in total. The van der Waals surface area contributed by atoms with Crippen LogP contribution in [-0.2, 0) is 9.59 Å². The second kappa shape index (κ2) is 8.36. The first-order chi connectivity index (χ1) is 6.74. The maximum atomic E-state index is 9.99. The van der Waals surface area contributed by atoms with E-state index >= 15 is 0 Å². The van der Waals surface area contributed by atoms with Crippen molar-refractivity contribution >= 4 is 12.2 Å². The van der Waals surface area contributed by atoms with Crippen LogP contribution in [0, 0.1) is 5.92 Å². The summed E-state index contributed by atoms with van der Waals surface area (Å²) < 4.78 is 0. The van der Waals surface area contributed by atoms with Crippen molar-refractivity contribution in [3.63, 3.8) is 0 Å². The normalized spacial score (nSPS) is 13.6. The molecule has 0 amide bonds. The summed E-state index contributed by atoms with van der Waals surface area (Å²) in [4.78, 5) is 27.1. The van der Waals surface area contributed by atoms with Crippen LogP contribution in [0.1, 0.15) is 33.1 Å². The molecule has 0 fully saturated rings. The SMILES string of the molecule is CCCC(CN=C=O)CC(C)N=C=O. The van der Waals surface area contributed by atoms with E-state index in [0.29, 0.717) is 12.5 Å². The molecule has 0 rings (SSSR count). The van der Waals surface area contributed by atoms with Crippen molar-refractivity contribution in [2.24, 2.45) is 15.9 Å². The fourth-order valence-corrected chi connectivity index (χ4v) is 1.48. The standard InChI is InChI=1S/C10H16N2O2/c1-3-4-10(6-11-7-13)5-9(2)12-8-14/h9-10H,3-6H2,1-2H3. The van der Waals surface area contributed by atoms with Gasteiger partial charge in [-0.1, -0.05) is 13.3 Å². The summed E-state index contributed by atoms with van der Waals surface area (Å²) in [6.07, 6.45) is 5.87. The van der Waals surface area contributed by atoms with Crippen molar-refractivity contribution in [1.82, 2.24) is 0 Å². The highest BCUT2D eigenvalue weighted by Gasteiger charge is 2.11. The number of rotatable bonds is 7. The number of aliphatic imine (C=N–C) groups is 2. The Morgan fingerprint density at radius 2 is 2.00 bits per heavy atom. The molecule has 0 spiro atoms. The van der Waals surface area contributed by atoms with Gasteiger partial charge in [-0.2, -0.15) is 0 Å². The largest absolute Gasteiger partial charge is 0.235 e. The summed E-state index contributed by atoms with van der Waals surface area (Å²) >= 11 is 0. The fourth-order valence-electron chi connectivity index (χ4n) is 1.48. The summed E-state index contributed by atoms with van der Waals surface area (Å²) in [5.41, 5.74) is 0. The Balaban J connectivity index is 4.05. The van der Waals surface area contributed by atoms with Gasteiger partial charge in [0, 0.05) is 0 Å². The second-order valence-corrected chi connectivity index (χ2v) is 3.39. The van der Waals surface area contributed by atoms with Crippen molar-refractivity contribution in [2.75, 3.05) is 6.54 Å². The van der Waals surface area contributed by atoms with E-state index < -0.39 is 0 Å². The zero-order chi connectivity index (χ0) is 10.8. The molecule has 2 atom stereocenters. The minimum Gasteiger partial charge on any atom is -0.211 e. The van der Waals surface area contributed by atoms with Crippen molar-refractivity contribution in [3.8, 4) is 0 Å². The molecule has 4 heteroatoms. The van der Waals surface area contributed by atoms with Gasteiger partial charge in [-0.25, -0.2) is 19.6 Å². The predicted octanol–water partition coefficient (Wildman–Crippen LogP) is 1.85. The van der Waals surface area contributed by atoms with E-state index in [2.05, 4.69) is 16.9 Å². The highest BCUT2D eigenvalue weighted by molar-refractivity contribution is 5.33. The molecule has 0 radical (unpaired) electrons. The van der Waals surface area contributed by atoms with Crippen molar-refractivity contribution in [2.45, 2.75) is 39.2 Å². The van der Waals surface area contributed by atoms with E-state index in [1.807, 2.05) is 6.92 Å². The smallest absolute Gasteiger partial charge is 0.211 e. The van der Waals surface area contributed by atoms with Crippen LogP contribution < -0.4 is 0 Å². The second-order valence-electron chi connectivity index (χ2n) is 3.39. The van der Waals surface area contributed by atoms with Gasteiger partial charge in [0.15, 0.2) is 0 Å². The molecule has 0 aliphatic rings. The van der Waals surface area contributed by atoms with Crippen molar-refractivity contribution in [1.29, 1.82) is 0 Å². The molecule has 4 nitrogen and oxygen atoms in total. The zero-order valence-corrected chi connectivity index (χ0v) is 8.69. The molecule has 0 saturated heterocycles. The monoisotopic (exact) mass is 196 g/mol. The number of nitrogens with zero attached hydrogens (tertiary/aromatic N) is 2. The van der Waals surface area contributed by atoms with Gasteiger partial charge in [-0.15, -0.1) is 0 Å². The topological polar surface area (TPSA) is 58.9 Å². The minimum absolute atomic E-state index is 0.0362. The molecule has 2 unspecified atom stereocenters. The van der Waals surface area contributed by atoms with Gasteiger partial charge in [0.05, 0.1) is 12.6 Å². The Morgan fingerprint density at radius 3 is 2.50 bits per heavy atom. The van der Waals surface area contributed by atoms with Crippen LogP contribution in [0.4, 0.5) is 0 Å². The van der Waals surface area contributed by atoms with Crippen LogP contribution in [-0.4, -0.2) is 24.7 Å². The lowest BCUT2D eigenvalue weighted by Gasteiger charge is -2.14. The summed E-state index contributed by atoms with van der Waals surface area (Å²) in [7, 11) is 0. The van der Waals surface area contributed by atoms with E-state index in [9.17, 15) is 9.59 Å². The molecule has 0 aliphatic heterocycles. The highest BCUT2D eigenvalue weighted by atomic mass is 16.1. The molecular weight excluding hydrogens is 180 g/mol. The van der Waals surface area contributed by atoms with Crippen LogP contribution >= 0.6 is 0 Å². The highest BCUT2D eigenvalue weighted by Crippen LogP contribution is 2.15. The summed E-state index contributed by atoms with van der Waals surface area (Å²) in [6.45, 7) is 4.42. The maximum Gasteiger partial charge on any atom is 0.235 e. The third kappa shape index (κ3) is 6.30. The molecule has 78 valence electrons. The van der Waals surface area contributed by atoms with Gasteiger partial charge < -0.3 is 0 Å². The van der Waals surface area contributed by atoms with E-state index in [4.69, 9.17) is 0 Å². The van der Waals surface area contributed by atoms with Crippen molar-refractivity contribution < 1.29 is 9.59 Å². The average molecular weight is 196 g/mol. The third-order valence-corrected chi connectivity index (χ3v) is 2.06. The molecule has 0 aromatic rings. The van der Waals surface area contributed by atoms with Gasteiger partial charge in [-0.05, 0) is 25.7 Å². The van der Waals surface area contributed by atoms with Gasteiger partial charge >= 0.3 is 0 Å². The lowest BCUT2D eigenvalue weighted by Crippen LogP contribution is -2.11. The van der Waals surface area contributed by atoms with E-state index in [0.717, 1.165) is 19.3 Å². The molecule has 0 bridgehead atoms. The lowest BCUT2D eigenvalue weighted by molar-refractivity contribution is 0.421. The summed E-state index contributed by atoms with van der Waals surface area (Å²) in [5, 5.41) is 0. The molecular formula is C10H16N2O2. The predicted molar refractivity (Wildman–Crippen MR) is 53.6 cm³/mol. The number of hydrogen-bond donors (Lipinski definition) is 0. The van der Waals surface area contributed by atoms with E-state index in [-0.39, 0.29) is 6.04 Å². The fraction of sp³-hybridized carbons (Fsp3) is 0.800. The van der Waals surface area contributed by atoms with Crippen LogP contribution in [0.15, 0.2) is 9.98 Å². The molecule has 0 aromatic heterocycles. The lowest BCUT2D eigenvalue weighted by atomic mass is 9.96. The van der Waals surface area contributed by atoms with E-state index in [1.54, 1.807) is 0 Å². The third-order valence-electron chi connectivity index (χ3n) is 2.06. The van der Waals surface area contributed by atoms with Crippen LogP contribution in [0.3, 0.4) is 0 Å². The van der Waals surface area contributed by atoms with Crippen LogP contribution in [0.2, 0.25) is 0 Å². The number of carbonyl (C=O) groups excluding carboxylic acids is 2. The Hall–Kier alpha value is -1.24. The Kier molecular flexibility index (Phi) is 7.62. The maximum absolute atomic E-state index is 9.99. The van der Waals surface area contributed by atoms with E-state index in [1.165, 1.54) is 12.2 Å². The minimum atomic E-state index is -0.0362. The summed E-state index contributed by atoms with van der Waals surface area (Å²) in [5.74, 6) is 0.313. The first kappa shape index (κ1) is 12.8. The molecule has 0 saturated carbocycles. The Labute approximate surface area is 84.1 Å². The number of isocyanates is 2. The molecule has 14 heavy (non-hydrogen) atoms. The molecule has 0 heterocycles. The first-order valence-corrected chi connectivity index (χ1v) is 4.85. The first-order valence-electron chi connectivity index (χ1n) is 4.85. The zero-order valence-electron chi connectivity index (χ0n) is 8.69. The van der Waals surface area contributed by atoms with Crippen molar-refractivity contribution in [3.05, 3.63) is 0 Å². The summed E-state index contributed by atoms with van der Waals surface area (Å²) in [6, 6.07) is -0.0362. The van der Waals surface area contributed by atoms with Crippen LogP contribution in [0.5, 0.6) is 0 Å². The number of hydrogen-bond acceptors (Lipinski definition) is 4. The molecule has 0 aromatic carbocycles. The van der Waals surface area contributed by atoms with Gasteiger partial charge in [0.25, 0.3) is 0 Å². The van der Waals surface area contributed by atoms with Gasteiger partial charge in [0.2, 0.25) is 12.2 Å². The average Bonchev–Trinajstić information content (AvgIpc) is 2.15. The van der Waals surface area contributed by atoms with Gasteiger partial charge in [0.1, 0.15) is 0 Å². The Morgan fingerprint density at radius 1 is 1.29 bits per heavy atom. The van der Waals surface area contributed by atoms with Crippen LogP contribution in [0.25, 0.3) is 0 Å². The molecule has 0 aliphatic carbocycles. The quantitative estimate of drug-likeness (QED) is 0.461. The Bertz CT molecular complexity index is 241.